The van der Waals surface area contributed by atoms with Gasteiger partial charge in [0.15, 0.2) is 0 Å². The molecule has 0 saturated carbocycles. The molecule has 0 radical (unpaired) electrons. The van der Waals surface area contributed by atoms with Crippen molar-refractivity contribution in [2.75, 3.05) is 6.54 Å². The number of hydrogen-bond donors (Lipinski definition) is 1. The molecule has 0 aliphatic heterocycles. The third-order valence-electron chi connectivity index (χ3n) is 3.63. The van der Waals surface area contributed by atoms with Crippen LogP contribution in [0, 0.1) is 6.92 Å². The highest BCUT2D eigenvalue weighted by Gasteiger charge is 2.28. The van der Waals surface area contributed by atoms with E-state index in [-0.39, 0.29) is 0 Å². The van der Waals surface area contributed by atoms with Gasteiger partial charge in [-0.1, -0.05) is 18.2 Å². The Kier molecular flexibility index (Phi) is 2.48. The molecule has 3 rings (SSSR count). The van der Waals surface area contributed by atoms with Crippen molar-refractivity contribution in [2.24, 2.45) is 5.73 Å². The van der Waals surface area contributed by atoms with E-state index in [9.17, 15) is 0 Å². The van der Waals surface area contributed by atoms with Crippen LogP contribution in [0.15, 0.2) is 30.3 Å². The maximum Gasteiger partial charge on any atom is 0.0649 e. The van der Waals surface area contributed by atoms with Crippen molar-refractivity contribution in [3.63, 3.8) is 0 Å². The number of fused-ring (bicyclic) bond motifs is 1. The Labute approximate surface area is 101 Å². The average molecular weight is 227 g/mol. The summed E-state index contributed by atoms with van der Waals surface area (Å²) in [6.07, 6.45) is 2.25. The lowest BCUT2D eigenvalue weighted by molar-refractivity contribution is 0.667. The van der Waals surface area contributed by atoms with E-state index in [2.05, 4.69) is 28.8 Å². The number of para-hydroxylation sites is 1. The molecule has 1 aliphatic rings. The highest BCUT2D eigenvalue weighted by Crippen LogP contribution is 2.35. The van der Waals surface area contributed by atoms with Crippen LogP contribution in [0.5, 0.6) is 0 Å². The molecule has 1 aromatic carbocycles. The van der Waals surface area contributed by atoms with Gasteiger partial charge < -0.3 is 5.73 Å². The van der Waals surface area contributed by atoms with E-state index in [1.807, 2.05) is 18.2 Å². The van der Waals surface area contributed by atoms with Crippen LogP contribution in [0.1, 0.15) is 29.3 Å². The number of aryl methyl sites for hydroxylation is 1. The fourth-order valence-electron chi connectivity index (χ4n) is 2.83. The predicted molar refractivity (Wildman–Crippen MR) is 68.4 cm³/mol. The Hall–Kier alpha value is -1.61. The van der Waals surface area contributed by atoms with Crippen molar-refractivity contribution in [3.05, 3.63) is 47.3 Å². The summed E-state index contributed by atoms with van der Waals surface area (Å²) in [7, 11) is 0. The fourth-order valence-corrected chi connectivity index (χ4v) is 2.83. The molecule has 3 heteroatoms. The van der Waals surface area contributed by atoms with Crippen LogP contribution in [-0.2, 0) is 6.42 Å². The Morgan fingerprint density at radius 3 is 2.82 bits per heavy atom. The first kappa shape index (κ1) is 10.5. The van der Waals surface area contributed by atoms with Crippen LogP contribution in [0.2, 0.25) is 0 Å². The van der Waals surface area contributed by atoms with Gasteiger partial charge in [0, 0.05) is 17.2 Å². The van der Waals surface area contributed by atoms with Crippen molar-refractivity contribution in [2.45, 2.75) is 25.7 Å². The molecule has 0 bridgehead atoms. The van der Waals surface area contributed by atoms with Crippen LogP contribution in [0.4, 0.5) is 0 Å². The molecule has 1 heterocycles. The summed E-state index contributed by atoms with van der Waals surface area (Å²) in [4.78, 5) is 0. The summed E-state index contributed by atoms with van der Waals surface area (Å²) in [5.41, 5.74) is 10.8. The first-order valence-electron chi connectivity index (χ1n) is 6.15. The van der Waals surface area contributed by atoms with E-state index >= 15 is 0 Å². The minimum atomic E-state index is 0.502. The summed E-state index contributed by atoms with van der Waals surface area (Å²) < 4.78 is 2.08. The quantitative estimate of drug-likeness (QED) is 0.854. The van der Waals surface area contributed by atoms with Gasteiger partial charge in [-0.15, -0.1) is 0 Å². The minimum absolute atomic E-state index is 0.502. The van der Waals surface area contributed by atoms with Crippen molar-refractivity contribution < 1.29 is 0 Å². The number of benzene rings is 1. The van der Waals surface area contributed by atoms with Crippen LogP contribution < -0.4 is 5.73 Å². The third kappa shape index (κ3) is 1.58. The fraction of sp³-hybridized carbons (Fsp3) is 0.357. The first-order valence-corrected chi connectivity index (χ1v) is 6.15. The zero-order valence-corrected chi connectivity index (χ0v) is 10.1. The minimum Gasteiger partial charge on any atom is -0.330 e. The maximum absolute atomic E-state index is 5.83. The molecule has 0 saturated heterocycles. The summed E-state index contributed by atoms with van der Waals surface area (Å²) in [5.74, 6) is 0.502. The van der Waals surface area contributed by atoms with Gasteiger partial charge in [-0.05, 0) is 38.4 Å². The van der Waals surface area contributed by atoms with Gasteiger partial charge in [-0.25, -0.2) is 4.68 Å². The Bertz CT molecular complexity index is 528. The second kappa shape index (κ2) is 4.00. The smallest absolute Gasteiger partial charge is 0.0649 e. The molecule has 1 unspecified atom stereocenters. The van der Waals surface area contributed by atoms with Crippen LogP contribution in [0.25, 0.3) is 5.69 Å². The van der Waals surface area contributed by atoms with E-state index < -0.39 is 0 Å². The monoisotopic (exact) mass is 227 g/mol. The zero-order valence-electron chi connectivity index (χ0n) is 10.1. The maximum atomic E-state index is 5.83. The lowest BCUT2D eigenvalue weighted by Gasteiger charge is -2.05. The van der Waals surface area contributed by atoms with E-state index in [0.717, 1.165) is 30.8 Å². The molecule has 1 aromatic heterocycles. The van der Waals surface area contributed by atoms with Gasteiger partial charge in [0.25, 0.3) is 0 Å². The van der Waals surface area contributed by atoms with Crippen LogP contribution >= 0.6 is 0 Å². The van der Waals surface area contributed by atoms with Gasteiger partial charge in [-0.3, -0.25) is 0 Å². The molecular formula is C14H17N3. The van der Waals surface area contributed by atoms with E-state index in [4.69, 9.17) is 5.73 Å². The zero-order chi connectivity index (χ0) is 11.8. The van der Waals surface area contributed by atoms with E-state index in [1.165, 1.54) is 11.3 Å². The van der Waals surface area contributed by atoms with Crippen LogP contribution in [-0.4, -0.2) is 16.3 Å². The van der Waals surface area contributed by atoms with Gasteiger partial charge in [0.05, 0.1) is 11.4 Å². The normalized spacial score (nSPS) is 18.4. The number of rotatable bonds is 2. The third-order valence-corrected chi connectivity index (χ3v) is 3.63. The molecule has 0 fully saturated rings. The topological polar surface area (TPSA) is 43.8 Å². The highest BCUT2D eigenvalue weighted by molar-refractivity contribution is 5.41. The Balaban J connectivity index is 2.13. The Morgan fingerprint density at radius 1 is 1.35 bits per heavy atom. The van der Waals surface area contributed by atoms with E-state index in [1.54, 1.807) is 0 Å². The van der Waals surface area contributed by atoms with Crippen molar-refractivity contribution in [3.8, 4) is 5.69 Å². The summed E-state index contributed by atoms with van der Waals surface area (Å²) in [6.45, 7) is 2.82. The predicted octanol–water partition coefficient (Wildman–Crippen LogP) is 2.17. The first-order chi connectivity index (χ1) is 8.31. The van der Waals surface area contributed by atoms with Crippen molar-refractivity contribution in [1.29, 1.82) is 0 Å². The second-order valence-electron chi connectivity index (χ2n) is 4.66. The number of hydrogen-bond acceptors (Lipinski definition) is 2. The molecule has 0 amide bonds. The summed E-state index contributed by atoms with van der Waals surface area (Å²) in [6, 6.07) is 10.3. The molecule has 3 nitrogen and oxygen atoms in total. The summed E-state index contributed by atoms with van der Waals surface area (Å²) >= 11 is 0. The SMILES string of the molecule is Cc1nn(-c2ccccc2)c2c1C(CN)CC2. The van der Waals surface area contributed by atoms with Crippen molar-refractivity contribution >= 4 is 0 Å². The van der Waals surface area contributed by atoms with Gasteiger partial charge in [0.2, 0.25) is 0 Å². The number of nitrogens with zero attached hydrogens (tertiary/aromatic N) is 2. The Morgan fingerprint density at radius 2 is 2.12 bits per heavy atom. The van der Waals surface area contributed by atoms with Gasteiger partial charge in [0.1, 0.15) is 0 Å². The molecule has 1 aliphatic carbocycles. The molecular weight excluding hydrogens is 210 g/mol. The van der Waals surface area contributed by atoms with Gasteiger partial charge in [-0.2, -0.15) is 5.10 Å². The molecule has 17 heavy (non-hydrogen) atoms. The standard InChI is InChI=1S/C14H17N3/c1-10-14-11(9-15)7-8-13(14)17(16-10)12-5-3-2-4-6-12/h2-6,11H,7-9,15H2,1H3. The van der Waals surface area contributed by atoms with E-state index in [0.29, 0.717) is 5.92 Å². The number of nitrogens with two attached hydrogens (primary N) is 1. The molecule has 88 valence electrons. The summed E-state index contributed by atoms with van der Waals surface area (Å²) in [5, 5.41) is 4.66. The lowest BCUT2D eigenvalue weighted by atomic mass is 10.0. The molecule has 0 spiro atoms. The largest absolute Gasteiger partial charge is 0.330 e. The van der Waals surface area contributed by atoms with Crippen LogP contribution in [0.3, 0.4) is 0 Å². The molecule has 1 atom stereocenters. The lowest BCUT2D eigenvalue weighted by Crippen LogP contribution is -2.09. The molecule has 2 aromatic rings. The number of aromatic nitrogens is 2. The average Bonchev–Trinajstić information content (AvgIpc) is 2.92. The second-order valence-corrected chi connectivity index (χ2v) is 4.66. The molecule has 2 N–H and O–H groups in total. The van der Waals surface area contributed by atoms with Gasteiger partial charge >= 0.3 is 0 Å². The highest BCUT2D eigenvalue weighted by atomic mass is 15.3. The van der Waals surface area contributed by atoms with Crippen molar-refractivity contribution in [1.82, 2.24) is 9.78 Å².